The Morgan fingerprint density at radius 1 is 1.52 bits per heavy atom. The van der Waals surface area contributed by atoms with Gasteiger partial charge in [0.1, 0.15) is 5.76 Å². The Hall–Kier alpha value is -1.34. The van der Waals surface area contributed by atoms with Gasteiger partial charge in [-0.05, 0) is 26.7 Å². The van der Waals surface area contributed by atoms with Crippen molar-refractivity contribution < 1.29 is 9.32 Å². The van der Waals surface area contributed by atoms with E-state index in [-0.39, 0.29) is 11.2 Å². The average Bonchev–Trinajstić information content (AvgIpc) is 3.26. The number of thioether (sulfide) groups is 1. The fourth-order valence-corrected chi connectivity index (χ4v) is 4.56. The van der Waals surface area contributed by atoms with Crippen molar-refractivity contribution in [2.45, 2.75) is 56.5 Å². The summed E-state index contributed by atoms with van der Waals surface area (Å²) in [6, 6.07) is 1.71. The van der Waals surface area contributed by atoms with Crippen LogP contribution in [0.5, 0.6) is 0 Å². The number of carbonyl (C=O) groups excluding carboxylic acids is 1. The summed E-state index contributed by atoms with van der Waals surface area (Å²) in [5.41, 5.74) is 1.08. The second-order valence-electron chi connectivity index (χ2n) is 5.92. The third-order valence-electron chi connectivity index (χ3n) is 4.00. The zero-order valence-corrected chi connectivity index (χ0v) is 15.0. The van der Waals surface area contributed by atoms with E-state index >= 15 is 0 Å². The summed E-state index contributed by atoms with van der Waals surface area (Å²) in [5, 5.41) is 9.78. The van der Waals surface area contributed by atoms with E-state index in [9.17, 15) is 4.79 Å². The summed E-state index contributed by atoms with van der Waals surface area (Å²) in [4.78, 5) is 16.9. The number of aryl methyl sites for hydroxylation is 1. The van der Waals surface area contributed by atoms with Crippen LogP contribution in [-0.2, 0) is 10.5 Å². The molecule has 1 N–H and O–H groups in total. The molecule has 1 saturated carbocycles. The largest absolute Gasteiger partial charge is 0.360 e. The van der Waals surface area contributed by atoms with Crippen LogP contribution in [0, 0.1) is 6.92 Å². The molecule has 0 radical (unpaired) electrons. The number of carbonyl (C=O) groups is 1. The Bertz CT molecular complexity index is 662. The van der Waals surface area contributed by atoms with Gasteiger partial charge in [-0.15, -0.1) is 23.1 Å². The number of anilines is 1. The topological polar surface area (TPSA) is 68.0 Å². The van der Waals surface area contributed by atoms with Gasteiger partial charge in [-0.3, -0.25) is 4.79 Å². The first kappa shape index (κ1) is 16.5. The van der Waals surface area contributed by atoms with Crippen molar-refractivity contribution in [2.75, 3.05) is 5.32 Å². The summed E-state index contributed by atoms with van der Waals surface area (Å²) < 4.78 is 4.95. The maximum atomic E-state index is 12.1. The molecular formula is C16H21N3O2S2. The van der Waals surface area contributed by atoms with Crippen molar-refractivity contribution in [3.8, 4) is 0 Å². The van der Waals surface area contributed by atoms with Gasteiger partial charge in [-0.25, -0.2) is 4.98 Å². The molecule has 0 aromatic carbocycles. The molecule has 2 aromatic rings. The van der Waals surface area contributed by atoms with Crippen LogP contribution < -0.4 is 5.32 Å². The third kappa shape index (κ3) is 4.35. The maximum absolute atomic E-state index is 12.1. The summed E-state index contributed by atoms with van der Waals surface area (Å²) in [5.74, 6) is 2.51. The smallest absolute Gasteiger partial charge is 0.238 e. The molecule has 2 aromatic heterocycles. The van der Waals surface area contributed by atoms with Crippen LogP contribution in [0.1, 0.15) is 55.0 Å². The molecule has 0 spiro atoms. The highest BCUT2D eigenvalue weighted by molar-refractivity contribution is 7.99. The molecule has 1 amide bonds. The second kappa shape index (κ2) is 7.49. The molecule has 23 heavy (non-hydrogen) atoms. The molecule has 2 heterocycles. The normalized spacial score (nSPS) is 16.6. The van der Waals surface area contributed by atoms with Gasteiger partial charge in [0.2, 0.25) is 5.91 Å². The van der Waals surface area contributed by atoms with E-state index in [4.69, 9.17) is 9.51 Å². The third-order valence-corrected chi connectivity index (χ3v) is 6.24. The van der Waals surface area contributed by atoms with E-state index in [0.717, 1.165) is 11.4 Å². The van der Waals surface area contributed by atoms with Crippen LogP contribution in [0.3, 0.4) is 0 Å². The highest BCUT2D eigenvalue weighted by Gasteiger charge is 2.21. The van der Waals surface area contributed by atoms with Crippen LogP contribution in [0.15, 0.2) is 16.0 Å². The first-order chi connectivity index (χ1) is 11.1. The zero-order chi connectivity index (χ0) is 16.2. The van der Waals surface area contributed by atoms with Gasteiger partial charge in [0.15, 0.2) is 5.82 Å². The first-order valence-electron chi connectivity index (χ1n) is 7.92. The van der Waals surface area contributed by atoms with Crippen LogP contribution >= 0.6 is 23.1 Å². The van der Waals surface area contributed by atoms with Gasteiger partial charge in [0.05, 0.1) is 16.0 Å². The number of nitrogens with zero attached hydrogens (tertiary/aromatic N) is 2. The number of thiazole rings is 1. The molecule has 0 bridgehead atoms. The Kier molecular flexibility index (Phi) is 5.38. The first-order valence-corrected chi connectivity index (χ1v) is 9.85. The number of hydrogen-bond acceptors (Lipinski definition) is 6. The molecule has 0 unspecified atom stereocenters. The lowest BCUT2D eigenvalue weighted by atomic mass is 10.1. The lowest BCUT2D eigenvalue weighted by Crippen LogP contribution is -2.22. The minimum atomic E-state index is -0.163. The Balaban J connectivity index is 1.48. The maximum Gasteiger partial charge on any atom is 0.238 e. The lowest BCUT2D eigenvalue weighted by molar-refractivity contribution is -0.115. The van der Waals surface area contributed by atoms with Crippen LogP contribution in [0.2, 0.25) is 0 Å². The molecule has 1 atom stereocenters. The quantitative estimate of drug-likeness (QED) is 0.837. The van der Waals surface area contributed by atoms with E-state index in [1.807, 2.05) is 6.92 Å². The second-order valence-corrected chi connectivity index (χ2v) is 8.14. The minimum Gasteiger partial charge on any atom is -0.360 e. The van der Waals surface area contributed by atoms with Crippen molar-refractivity contribution in [1.29, 1.82) is 0 Å². The van der Waals surface area contributed by atoms with Gasteiger partial charge in [-0.1, -0.05) is 18.0 Å². The number of amides is 1. The van der Waals surface area contributed by atoms with E-state index < -0.39 is 0 Å². The molecule has 124 valence electrons. The van der Waals surface area contributed by atoms with Crippen molar-refractivity contribution in [3.05, 3.63) is 27.9 Å². The van der Waals surface area contributed by atoms with Crippen molar-refractivity contribution in [2.24, 2.45) is 0 Å². The number of aromatic nitrogens is 2. The van der Waals surface area contributed by atoms with E-state index in [0.29, 0.717) is 17.5 Å². The number of rotatable bonds is 6. The Labute approximate surface area is 144 Å². The van der Waals surface area contributed by atoms with Gasteiger partial charge >= 0.3 is 0 Å². The number of nitrogens with one attached hydrogen (secondary N) is 1. The molecule has 3 rings (SSSR count). The van der Waals surface area contributed by atoms with Crippen molar-refractivity contribution >= 4 is 34.8 Å². The fourth-order valence-electron chi connectivity index (χ4n) is 2.69. The molecule has 7 heteroatoms. The van der Waals surface area contributed by atoms with Gasteiger partial charge in [0, 0.05) is 23.1 Å². The Morgan fingerprint density at radius 2 is 2.30 bits per heavy atom. The molecule has 1 aliphatic carbocycles. The predicted octanol–water partition coefficient (Wildman–Crippen LogP) is 4.36. The molecule has 0 saturated heterocycles. The number of hydrogen-bond donors (Lipinski definition) is 1. The predicted molar refractivity (Wildman–Crippen MR) is 93.9 cm³/mol. The standard InChI is InChI=1S/C16H21N3O2S2/c1-10-7-14(19-21-10)18-15(20)11(2)22-8-13-9-23-16(17-13)12-5-3-4-6-12/h7,9,11-12H,3-6,8H2,1-2H3,(H,18,19,20)/t11-/m1/s1. The SMILES string of the molecule is Cc1cc(NC(=O)[C@@H](C)SCc2csc(C3CCCC3)n2)no1. The van der Waals surface area contributed by atoms with Crippen molar-refractivity contribution in [3.63, 3.8) is 0 Å². The summed E-state index contributed by atoms with van der Waals surface area (Å²) in [6.45, 7) is 3.70. The molecule has 1 aliphatic rings. The van der Waals surface area contributed by atoms with E-state index in [1.165, 1.54) is 30.7 Å². The lowest BCUT2D eigenvalue weighted by Gasteiger charge is -2.09. The van der Waals surface area contributed by atoms with Crippen LogP contribution in [0.25, 0.3) is 0 Å². The summed E-state index contributed by atoms with van der Waals surface area (Å²) >= 11 is 3.36. The van der Waals surface area contributed by atoms with E-state index in [1.54, 1.807) is 36.1 Å². The Morgan fingerprint density at radius 3 is 3.00 bits per heavy atom. The molecule has 5 nitrogen and oxygen atoms in total. The minimum absolute atomic E-state index is 0.0606. The van der Waals surface area contributed by atoms with Gasteiger partial charge in [-0.2, -0.15) is 0 Å². The van der Waals surface area contributed by atoms with Gasteiger partial charge < -0.3 is 9.84 Å². The zero-order valence-electron chi connectivity index (χ0n) is 13.4. The fraction of sp³-hybridized carbons (Fsp3) is 0.562. The van der Waals surface area contributed by atoms with Crippen LogP contribution in [0.4, 0.5) is 5.82 Å². The molecular weight excluding hydrogens is 330 g/mol. The monoisotopic (exact) mass is 351 g/mol. The van der Waals surface area contributed by atoms with Crippen LogP contribution in [-0.4, -0.2) is 21.3 Å². The molecule has 1 fully saturated rings. The van der Waals surface area contributed by atoms with E-state index in [2.05, 4.69) is 15.9 Å². The van der Waals surface area contributed by atoms with Crippen molar-refractivity contribution in [1.82, 2.24) is 10.1 Å². The highest BCUT2D eigenvalue weighted by atomic mass is 32.2. The average molecular weight is 351 g/mol. The summed E-state index contributed by atoms with van der Waals surface area (Å²) in [6.07, 6.45) is 5.20. The van der Waals surface area contributed by atoms with Gasteiger partial charge in [0.25, 0.3) is 0 Å². The summed E-state index contributed by atoms with van der Waals surface area (Å²) in [7, 11) is 0. The molecule has 0 aliphatic heterocycles. The highest BCUT2D eigenvalue weighted by Crippen LogP contribution is 2.36.